The molecule has 3 atom stereocenters. The third kappa shape index (κ3) is 4.60. The average molecular weight is 523 g/mol. The maximum Gasteiger partial charge on any atom is 0.333 e. The van der Waals surface area contributed by atoms with E-state index >= 15 is 0 Å². The van der Waals surface area contributed by atoms with Crippen molar-refractivity contribution < 1.29 is 18.3 Å². The lowest BCUT2D eigenvalue weighted by Gasteiger charge is -2.39. The molecule has 198 valence electrons. The number of nitrogens with zero attached hydrogens (tertiary/aromatic N) is 7. The average Bonchev–Trinajstić information content (AvgIpc) is 3.41. The first-order valence-electron chi connectivity index (χ1n) is 12.7. The Labute approximate surface area is 217 Å². The van der Waals surface area contributed by atoms with Crippen molar-refractivity contribution in [3.63, 3.8) is 0 Å². The molecule has 4 aromatic rings. The van der Waals surface area contributed by atoms with Crippen LogP contribution in [0.3, 0.4) is 0 Å². The van der Waals surface area contributed by atoms with Gasteiger partial charge in [0.1, 0.15) is 18.0 Å². The number of rotatable bonds is 9. The molecule has 4 aromatic heterocycles. The van der Waals surface area contributed by atoms with Gasteiger partial charge in [0.15, 0.2) is 17.2 Å². The minimum absolute atomic E-state index is 0.0926. The van der Waals surface area contributed by atoms with Gasteiger partial charge < -0.3 is 14.5 Å². The van der Waals surface area contributed by atoms with Gasteiger partial charge in [-0.2, -0.15) is 18.6 Å². The van der Waals surface area contributed by atoms with Crippen LogP contribution >= 0.6 is 0 Å². The molecule has 0 unspecified atom stereocenters. The van der Waals surface area contributed by atoms with Crippen LogP contribution in [0, 0.1) is 12.8 Å². The van der Waals surface area contributed by atoms with Crippen LogP contribution in [0.1, 0.15) is 43.6 Å². The summed E-state index contributed by atoms with van der Waals surface area (Å²) < 4.78 is 35.7. The van der Waals surface area contributed by atoms with Crippen molar-refractivity contribution in [3.8, 4) is 17.1 Å². The lowest BCUT2D eigenvalue weighted by molar-refractivity contribution is -0.117. The first kappa shape index (κ1) is 24.4. The zero-order chi connectivity index (χ0) is 26.4. The second-order valence-corrected chi connectivity index (χ2v) is 9.77. The Balaban J connectivity index is 1.19. The van der Waals surface area contributed by atoms with E-state index in [0.29, 0.717) is 22.8 Å². The molecule has 1 N–H and O–H groups in total. The van der Waals surface area contributed by atoms with E-state index < -0.39 is 6.55 Å². The van der Waals surface area contributed by atoms with Crippen molar-refractivity contribution in [2.24, 2.45) is 5.92 Å². The molecule has 2 aliphatic rings. The number of carbonyl (C=O) groups excluding carboxylic acids is 1. The largest absolute Gasteiger partial charge is 0.488 e. The van der Waals surface area contributed by atoms with Gasteiger partial charge in [0.25, 0.3) is 0 Å². The molecule has 12 heteroatoms. The molecule has 2 fully saturated rings. The highest BCUT2D eigenvalue weighted by Crippen LogP contribution is 2.47. The highest BCUT2D eigenvalue weighted by molar-refractivity contribution is 5.94. The monoisotopic (exact) mass is 522 g/mol. The van der Waals surface area contributed by atoms with Crippen LogP contribution < -0.4 is 10.1 Å². The lowest BCUT2D eigenvalue weighted by Crippen LogP contribution is -2.50. The number of carbonyl (C=O) groups is 1. The van der Waals surface area contributed by atoms with Crippen molar-refractivity contribution >= 4 is 17.4 Å². The van der Waals surface area contributed by atoms with Crippen molar-refractivity contribution in [1.82, 2.24) is 34.0 Å². The predicted molar refractivity (Wildman–Crippen MR) is 135 cm³/mol. The number of aromatic nitrogens is 6. The van der Waals surface area contributed by atoms with E-state index in [2.05, 4.69) is 37.2 Å². The first-order valence-corrected chi connectivity index (χ1v) is 12.7. The van der Waals surface area contributed by atoms with E-state index in [1.165, 1.54) is 12.4 Å². The molecule has 0 spiro atoms. The van der Waals surface area contributed by atoms with Crippen LogP contribution in [-0.2, 0) is 4.79 Å². The SMILES string of the molecule is CCN1CC[C@@H]1COc1cnn(C(F)F)c1-c1cn2cc(NC(=O)[C@H]3C[C@H]3c3cccc(C)n3)nc2cn1. The molecule has 1 saturated heterocycles. The molecule has 0 aromatic carbocycles. The number of likely N-dealkylation sites (tertiary alicyclic amines) is 1. The minimum atomic E-state index is -2.86. The van der Waals surface area contributed by atoms with Crippen LogP contribution in [0.4, 0.5) is 14.6 Å². The lowest BCUT2D eigenvalue weighted by atomic mass is 10.0. The van der Waals surface area contributed by atoms with E-state index in [4.69, 9.17) is 4.74 Å². The van der Waals surface area contributed by atoms with E-state index in [9.17, 15) is 13.6 Å². The van der Waals surface area contributed by atoms with Gasteiger partial charge >= 0.3 is 6.55 Å². The highest BCUT2D eigenvalue weighted by atomic mass is 19.3. The molecule has 6 rings (SSSR count). The van der Waals surface area contributed by atoms with Gasteiger partial charge in [0.2, 0.25) is 5.91 Å². The van der Waals surface area contributed by atoms with Crippen molar-refractivity contribution in [1.29, 1.82) is 0 Å². The number of hydrogen-bond acceptors (Lipinski definition) is 7. The Hall–Kier alpha value is -3.93. The van der Waals surface area contributed by atoms with Crippen LogP contribution in [0.25, 0.3) is 17.0 Å². The number of imidazole rings is 1. The van der Waals surface area contributed by atoms with Crippen LogP contribution in [0.15, 0.2) is 43.0 Å². The normalized spacial score (nSPS) is 21.0. The summed E-state index contributed by atoms with van der Waals surface area (Å²) in [7, 11) is 0. The van der Waals surface area contributed by atoms with Gasteiger partial charge in [0.05, 0.1) is 18.6 Å². The Morgan fingerprint density at radius 1 is 1.24 bits per heavy atom. The van der Waals surface area contributed by atoms with E-state index in [1.54, 1.807) is 16.8 Å². The predicted octanol–water partition coefficient (Wildman–Crippen LogP) is 3.91. The summed E-state index contributed by atoms with van der Waals surface area (Å²) in [5, 5.41) is 6.71. The topological polar surface area (TPSA) is 102 Å². The zero-order valence-electron chi connectivity index (χ0n) is 21.1. The van der Waals surface area contributed by atoms with Gasteiger partial charge in [-0.15, -0.1) is 0 Å². The van der Waals surface area contributed by atoms with Crippen molar-refractivity contribution in [3.05, 3.63) is 54.4 Å². The van der Waals surface area contributed by atoms with E-state index in [1.807, 2.05) is 25.1 Å². The van der Waals surface area contributed by atoms with Crippen LogP contribution in [0.5, 0.6) is 5.75 Å². The third-order valence-electron chi connectivity index (χ3n) is 7.30. The molecule has 1 saturated carbocycles. The van der Waals surface area contributed by atoms with Crippen LogP contribution in [0.2, 0.25) is 0 Å². The molecule has 0 radical (unpaired) electrons. The summed E-state index contributed by atoms with van der Waals surface area (Å²) in [5.74, 6) is 0.414. The second kappa shape index (κ2) is 9.75. The number of anilines is 1. The summed E-state index contributed by atoms with van der Waals surface area (Å²) in [6.07, 6.45) is 7.73. The highest BCUT2D eigenvalue weighted by Gasteiger charge is 2.45. The Kier molecular flexibility index (Phi) is 6.26. The molecule has 5 heterocycles. The fraction of sp³-hybridized carbons (Fsp3) is 0.423. The van der Waals surface area contributed by atoms with Crippen LogP contribution in [-0.4, -0.2) is 65.7 Å². The molecular formula is C26H28F2N8O2. The quantitative estimate of drug-likeness (QED) is 0.356. The van der Waals surface area contributed by atoms with E-state index in [-0.39, 0.29) is 40.9 Å². The summed E-state index contributed by atoms with van der Waals surface area (Å²) in [5.41, 5.74) is 2.66. The Morgan fingerprint density at radius 2 is 2.11 bits per heavy atom. The number of halogens is 2. The standard InChI is InChI=1S/C26H28F2N8O2/c1-3-34-8-7-16(34)14-38-21-10-30-36(26(27)28)24(21)20-12-35-13-22(32-23(35)11-29-20)33-25(37)18-9-17(18)19-6-4-5-15(2)31-19/h4-6,10-13,16-18,26H,3,7-9,14H2,1-2H3,(H,33,37)/t16-,17-,18+/m1/s1. The molecular weight excluding hydrogens is 494 g/mol. The number of pyridine rings is 1. The van der Waals surface area contributed by atoms with Gasteiger partial charge in [-0.05, 0) is 38.4 Å². The summed E-state index contributed by atoms with van der Waals surface area (Å²) >= 11 is 0. The maximum absolute atomic E-state index is 13.8. The molecule has 38 heavy (non-hydrogen) atoms. The van der Waals surface area contributed by atoms with Crippen molar-refractivity contribution in [2.75, 3.05) is 25.0 Å². The molecule has 1 aliphatic heterocycles. The van der Waals surface area contributed by atoms with Gasteiger partial charge in [-0.1, -0.05) is 13.0 Å². The summed E-state index contributed by atoms with van der Waals surface area (Å²) in [6.45, 7) is 3.46. The molecule has 1 amide bonds. The smallest absolute Gasteiger partial charge is 0.333 e. The number of alkyl halides is 2. The minimum Gasteiger partial charge on any atom is -0.488 e. The molecule has 1 aliphatic carbocycles. The number of amides is 1. The van der Waals surface area contributed by atoms with Gasteiger partial charge in [-0.25, -0.2) is 9.97 Å². The number of aryl methyl sites for hydroxylation is 1. The van der Waals surface area contributed by atoms with Crippen molar-refractivity contribution in [2.45, 2.75) is 45.2 Å². The maximum atomic E-state index is 13.8. The third-order valence-corrected chi connectivity index (χ3v) is 7.30. The summed E-state index contributed by atoms with van der Waals surface area (Å²) in [6, 6.07) is 6.07. The van der Waals surface area contributed by atoms with Gasteiger partial charge in [-0.3, -0.25) is 14.7 Å². The fourth-order valence-electron chi connectivity index (χ4n) is 5.01. The number of likely N-dealkylation sites (N-methyl/N-ethyl adjacent to an activating group) is 1. The first-order chi connectivity index (χ1) is 18.4. The second-order valence-electron chi connectivity index (χ2n) is 9.77. The number of hydrogen-bond donors (Lipinski definition) is 1. The fourth-order valence-corrected chi connectivity index (χ4v) is 5.01. The summed E-state index contributed by atoms with van der Waals surface area (Å²) in [4.78, 5) is 28.4. The Bertz CT molecular complexity index is 1480. The Morgan fingerprint density at radius 3 is 2.84 bits per heavy atom. The zero-order valence-corrected chi connectivity index (χ0v) is 21.1. The number of nitrogens with one attached hydrogen (secondary N) is 1. The number of ether oxygens (including phenoxy) is 1. The number of fused-ring (bicyclic) bond motifs is 1. The van der Waals surface area contributed by atoms with Gasteiger partial charge in [0, 0.05) is 42.0 Å². The molecule has 10 nitrogen and oxygen atoms in total. The molecule has 0 bridgehead atoms. The van der Waals surface area contributed by atoms with E-state index in [0.717, 1.165) is 37.3 Å².